The van der Waals surface area contributed by atoms with E-state index in [1.54, 1.807) is 7.11 Å². The van der Waals surface area contributed by atoms with E-state index in [-0.39, 0.29) is 0 Å². The van der Waals surface area contributed by atoms with Crippen molar-refractivity contribution in [3.63, 3.8) is 0 Å². The zero-order valence-corrected chi connectivity index (χ0v) is 12.9. The maximum atomic E-state index is 9.76. The lowest BCUT2D eigenvalue weighted by Crippen LogP contribution is -2.16. The lowest BCUT2D eigenvalue weighted by atomic mass is 10.1. The molecule has 0 fully saturated rings. The van der Waals surface area contributed by atoms with Gasteiger partial charge in [0, 0.05) is 6.54 Å². The van der Waals surface area contributed by atoms with Crippen LogP contribution in [-0.4, -0.2) is 18.8 Å². The van der Waals surface area contributed by atoms with E-state index in [4.69, 9.17) is 4.74 Å². The summed E-state index contributed by atoms with van der Waals surface area (Å²) in [4.78, 5) is 0. The molecule has 0 saturated carbocycles. The van der Waals surface area contributed by atoms with Crippen molar-refractivity contribution in [2.45, 2.75) is 26.8 Å². The van der Waals surface area contributed by atoms with E-state index in [1.807, 2.05) is 38.1 Å². The Morgan fingerprint density at radius 1 is 1.00 bits per heavy atom. The summed E-state index contributed by atoms with van der Waals surface area (Å²) in [6.07, 6.45) is 0.986. The smallest absolute Gasteiger partial charge is 0.121 e. The van der Waals surface area contributed by atoms with Crippen molar-refractivity contribution < 1.29 is 9.84 Å². The second-order valence-electron chi connectivity index (χ2n) is 5.35. The Bertz CT molecular complexity index is 568. The molecule has 0 bridgehead atoms. The molecule has 3 nitrogen and oxygen atoms in total. The standard InChI is InChI=1S/C18H23NO2/c1-13-10-16(11-14(2)18(13)20)12-19-9-8-15-4-6-17(21-3)7-5-15/h4-7,10-11,19-20H,8-9,12H2,1-3H3. The van der Waals surface area contributed by atoms with E-state index >= 15 is 0 Å². The summed E-state index contributed by atoms with van der Waals surface area (Å²) in [5.41, 5.74) is 4.36. The van der Waals surface area contributed by atoms with Crippen molar-refractivity contribution >= 4 is 0 Å². The molecule has 2 aromatic carbocycles. The molecule has 0 heterocycles. The number of methoxy groups -OCH3 is 1. The van der Waals surface area contributed by atoms with Crippen LogP contribution in [0.4, 0.5) is 0 Å². The van der Waals surface area contributed by atoms with Crippen LogP contribution in [-0.2, 0) is 13.0 Å². The van der Waals surface area contributed by atoms with Crippen LogP contribution < -0.4 is 10.1 Å². The van der Waals surface area contributed by atoms with Gasteiger partial charge in [0.1, 0.15) is 11.5 Å². The summed E-state index contributed by atoms with van der Waals surface area (Å²) in [6, 6.07) is 12.2. The van der Waals surface area contributed by atoms with Crippen molar-refractivity contribution in [2.75, 3.05) is 13.7 Å². The molecule has 0 spiro atoms. The van der Waals surface area contributed by atoms with Gasteiger partial charge in [0.05, 0.1) is 7.11 Å². The number of phenolic OH excluding ortho intramolecular Hbond substituents is 1. The SMILES string of the molecule is COc1ccc(CCNCc2cc(C)c(O)c(C)c2)cc1. The Balaban J connectivity index is 1.81. The lowest BCUT2D eigenvalue weighted by molar-refractivity contribution is 0.414. The Hall–Kier alpha value is -2.00. The maximum Gasteiger partial charge on any atom is 0.121 e. The van der Waals surface area contributed by atoms with Gasteiger partial charge < -0.3 is 15.2 Å². The molecule has 2 rings (SSSR count). The van der Waals surface area contributed by atoms with Crippen LogP contribution in [0.3, 0.4) is 0 Å². The minimum atomic E-state index is 0.400. The van der Waals surface area contributed by atoms with Crippen molar-refractivity contribution in [1.29, 1.82) is 0 Å². The molecule has 2 N–H and O–H groups in total. The topological polar surface area (TPSA) is 41.5 Å². The van der Waals surface area contributed by atoms with Gasteiger partial charge in [0.15, 0.2) is 0 Å². The Kier molecular flexibility index (Phi) is 5.23. The normalized spacial score (nSPS) is 10.6. The molecule has 21 heavy (non-hydrogen) atoms. The van der Waals surface area contributed by atoms with Crippen molar-refractivity contribution in [1.82, 2.24) is 5.32 Å². The highest BCUT2D eigenvalue weighted by Gasteiger charge is 2.03. The third kappa shape index (κ3) is 4.23. The van der Waals surface area contributed by atoms with Gasteiger partial charge in [-0.05, 0) is 61.2 Å². The fourth-order valence-corrected chi connectivity index (χ4v) is 2.41. The number of nitrogens with one attached hydrogen (secondary N) is 1. The van der Waals surface area contributed by atoms with E-state index < -0.39 is 0 Å². The molecule has 0 saturated heterocycles. The van der Waals surface area contributed by atoms with Crippen LogP contribution in [0.5, 0.6) is 11.5 Å². The molecule has 2 aromatic rings. The number of aryl methyl sites for hydroxylation is 2. The largest absolute Gasteiger partial charge is 0.507 e. The quantitative estimate of drug-likeness (QED) is 0.800. The van der Waals surface area contributed by atoms with Crippen molar-refractivity contribution in [3.05, 3.63) is 58.7 Å². The van der Waals surface area contributed by atoms with E-state index in [0.29, 0.717) is 5.75 Å². The predicted octanol–water partition coefficient (Wildman–Crippen LogP) is 3.35. The van der Waals surface area contributed by atoms with Gasteiger partial charge in [-0.25, -0.2) is 0 Å². The number of aromatic hydroxyl groups is 1. The first-order valence-corrected chi connectivity index (χ1v) is 7.23. The fourth-order valence-electron chi connectivity index (χ4n) is 2.41. The molecule has 3 heteroatoms. The van der Waals surface area contributed by atoms with Crippen LogP contribution in [0.25, 0.3) is 0 Å². The summed E-state index contributed by atoms with van der Waals surface area (Å²) in [7, 11) is 1.68. The molecule has 0 unspecified atom stereocenters. The summed E-state index contributed by atoms with van der Waals surface area (Å²) in [6.45, 7) is 5.61. The highest BCUT2D eigenvalue weighted by atomic mass is 16.5. The molecule has 0 atom stereocenters. The van der Waals surface area contributed by atoms with E-state index in [0.717, 1.165) is 36.4 Å². The third-order valence-electron chi connectivity index (χ3n) is 3.63. The number of hydrogen-bond acceptors (Lipinski definition) is 3. The molecule has 112 valence electrons. The molecule has 0 aliphatic carbocycles. The molecule has 0 radical (unpaired) electrons. The summed E-state index contributed by atoms with van der Waals surface area (Å²) < 4.78 is 5.15. The van der Waals surface area contributed by atoms with E-state index in [2.05, 4.69) is 17.4 Å². The zero-order chi connectivity index (χ0) is 15.2. The van der Waals surface area contributed by atoms with E-state index in [9.17, 15) is 5.11 Å². The first-order valence-electron chi connectivity index (χ1n) is 7.23. The number of phenols is 1. The van der Waals surface area contributed by atoms with Gasteiger partial charge in [-0.15, -0.1) is 0 Å². The average molecular weight is 285 g/mol. The van der Waals surface area contributed by atoms with Crippen LogP contribution in [0.15, 0.2) is 36.4 Å². The number of benzene rings is 2. The number of rotatable bonds is 6. The first-order chi connectivity index (χ1) is 10.1. The highest BCUT2D eigenvalue weighted by Crippen LogP contribution is 2.22. The van der Waals surface area contributed by atoms with Gasteiger partial charge in [-0.1, -0.05) is 24.3 Å². The van der Waals surface area contributed by atoms with Gasteiger partial charge in [-0.2, -0.15) is 0 Å². The summed E-state index contributed by atoms with van der Waals surface area (Å²) >= 11 is 0. The van der Waals surface area contributed by atoms with Crippen LogP contribution >= 0.6 is 0 Å². The maximum absolute atomic E-state index is 9.76. The summed E-state index contributed by atoms with van der Waals surface area (Å²) in [5.74, 6) is 1.29. The second kappa shape index (κ2) is 7.14. The minimum Gasteiger partial charge on any atom is -0.507 e. The molecular formula is C18H23NO2. The molecule has 0 aliphatic rings. The highest BCUT2D eigenvalue weighted by molar-refractivity contribution is 5.42. The van der Waals surface area contributed by atoms with Crippen LogP contribution in [0, 0.1) is 13.8 Å². The average Bonchev–Trinajstić information content (AvgIpc) is 2.49. The van der Waals surface area contributed by atoms with Gasteiger partial charge in [-0.3, -0.25) is 0 Å². The van der Waals surface area contributed by atoms with Gasteiger partial charge in [0.25, 0.3) is 0 Å². The van der Waals surface area contributed by atoms with Crippen molar-refractivity contribution in [3.8, 4) is 11.5 Å². The lowest BCUT2D eigenvalue weighted by Gasteiger charge is -2.09. The Morgan fingerprint density at radius 3 is 2.19 bits per heavy atom. The fraction of sp³-hybridized carbons (Fsp3) is 0.333. The van der Waals surface area contributed by atoms with Crippen LogP contribution in [0.1, 0.15) is 22.3 Å². The predicted molar refractivity (Wildman–Crippen MR) is 86.0 cm³/mol. The molecular weight excluding hydrogens is 262 g/mol. The molecule has 0 amide bonds. The zero-order valence-electron chi connectivity index (χ0n) is 12.9. The first kappa shape index (κ1) is 15.4. The molecule has 0 aromatic heterocycles. The van der Waals surface area contributed by atoms with Gasteiger partial charge >= 0.3 is 0 Å². The minimum absolute atomic E-state index is 0.400. The van der Waals surface area contributed by atoms with Crippen molar-refractivity contribution in [2.24, 2.45) is 0 Å². The summed E-state index contributed by atoms with van der Waals surface area (Å²) in [5, 5.41) is 13.2. The third-order valence-corrected chi connectivity index (χ3v) is 3.63. The Labute approximate surface area is 126 Å². The van der Waals surface area contributed by atoms with Crippen LogP contribution in [0.2, 0.25) is 0 Å². The number of ether oxygens (including phenoxy) is 1. The van der Waals surface area contributed by atoms with E-state index in [1.165, 1.54) is 11.1 Å². The number of hydrogen-bond donors (Lipinski definition) is 2. The second-order valence-corrected chi connectivity index (χ2v) is 5.35. The van der Waals surface area contributed by atoms with Gasteiger partial charge in [0.2, 0.25) is 0 Å². The monoisotopic (exact) mass is 285 g/mol. The Morgan fingerprint density at radius 2 is 1.62 bits per heavy atom. The molecule has 0 aliphatic heterocycles.